The zero-order valence-electron chi connectivity index (χ0n) is 17.9. The lowest BCUT2D eigenvalue weighted by molar-refractivity contribution is -0.253. The topological polar surface area (TPSA) is 73.9 Å². The van der Waals surface area contributed by atoms with Crippen molar-refractivity contribution in [2.45, 2.75) is 56.6 Å². The van der Waals surface area contributed by atoms with Crippen molar-refractivity contribution in [3.8, 4) is 0 Å². The normalized spacial score (nSPS) is 30.1. The van der Waals surface area contributed by atoms with Crippen molar-refractivity contribution in [2.75, 3.05) is 7.11 Å². The van der Waals surface area contributed by atoms with Crippen molar-refractivity contribution in [2.24, 2.45) is 5.92 Å². The number of esters is 1. The number of carbonyl (C=O) groups excluding carboxylic acids is 2. The van der Waals surface area contributed by atoms with E-state index < -0.39 is 18.4 Å². The Hall–Kier alpha value is -2.70. The molecular weight excluding hydrogens is 394 g/mol. The van der Waals surface area contributed by atoms with Gasteiger partial charge in [-0.05, 0) is 42.9 Å². The van der Waals surface area contributed by atoms with E-state index in [1.165, 1.54) is 12.5 Å². The van der Waals surface area contributed by atoms with Gasteiger partial charge in [-0.1, -0.05) is 48.5 Å². The zero-order valence-corrected chi connectivity index (χ0v) is 17.9. The molecule has 1 amide bonds. The molecule has 4 rings (SSSR count). The largest absolute Gasteiger partial charge is 0.460 e. The monoisotopic (exact) mass is 423 g/mol. The fourth-order valence-electron chi connectivity index (χ4n) is 4.93. The van der Waals surface area contributed by atoms with Gasteiger partial charge in [-0.15, -0.1) is 0 Å². The molecule has 2 aromatic rings. The molecule has 0 bridgehead atoms. The standard InChI is InChI=1S/C25H29NO5/c1-16(27)30-23-20-15-19(17-9-5-3-6-10-17)13-14-21(20)31-25(29-2)22(23)26-24(28)18-11-7-4-8-12-18/h3-12,19-23,25H,13-15H2,1-2H3,(H,26,28). The maximum Gasteiger partial charge on any atom is 0.302 e. The van der Waals surface area contributed by atoms with E-state index in [9.17, 15) is 9.59 Å². The van der Waals surface area contributed by atoms with Crippen LogP contribution in [0.5, 0.6) is 0 Å². The molecule has 1 saturated carbocycles. The lowest BCUT2D eigenvalue weighted by atomic mass is 9.71. The van der Waals surface area contributed by atoms with E-state index in [4.69, 9.17) is 14.2 Å². The zero-order chi connectivity index (χ0) is 21.8. The Balaban J connectivity index is 1.60. The average molecular weight is 424 g/mol. The molecule has 6 atom stereocenters. The molecule has 6 nitrogen and oxygen atoms in total. The van der Waals surface area contributed by atoms with Crippen LogP contribution in [0.25, 0.3) is 0 Å². The second-order valence-electron chi connectivity index (χ2n) is 8.30. The van der Waals surface area contributed by atoms with Gasteiger partial charge in [0.15, 0.2) is 6.29 Å². The van der Waals surface area contributed by atoms with Gasteiger partial charge in [-0.3, -0.25) is 9.59 Å². The van der Waals surface area contributed by atoms with Gasteiger partial charge in [-0.2, -0.15) is 0 Å². The third-order valence-corrected chi connectivity index (χ3v) is 6.35. The highest BCUT2D eigenvalue weighted by molar-refractivity contribution is 5.94. The van der Waals surface area contributed by atoms with Crippen LogP contribution >= 0.6 is 0 Å². The Morgan fingerprint density at radius 1 is 1.00 bits per heavy atom. The molecule has 2 fully saturated rings. The molecule has 6 heteroatoms. The van der Waals surface area contributed by atoms with Crippen LogP contribution < -0.4 is 5.32 Å². The number of ether oxygens (including phenoxy) is 3. The van der Waals surface area contributed by atoms with Crippen molar-refractivity contribution in [3.05, 3.63) is 71.8 Å². The van der Waals surface area contributed by atoms with Gasteiger partial charge in [0.25, 0.3) is 5.91 Å². The summed E-state index contributed by atoms with van der Waals surface area (Å²) < 4.78 is 17.7. The van der Waals surface area contributed by atoms with Crippen LogP contribution in [0, 0.1) is 5.92 Å². The van der Waals surface area contributed by atoms with Gasteiger partial charge >= 0.3 is 5.97 Å². The minimum Gasteiger partial charge on any atom is -0.460 e. The average Bonchev–Trinajstić information content (AvgIpc) is 2.80. The Labute approximate surface area is 182 Å². The minimum absolute atomic E-state index is 0.0321. The highest BCUT2D eigenvalue weighted by atomic mass is 16.7. The molecule has 1 aliphatic heterocycles. The SMILES string of the molecule is COC1OC2CCC(c3ccccc3)CC2C(OC(C)=O)C1NC(=O)c1ccccc1. The van der Waals surface area contributed by atoms with Crippen LogP contribution in [-0.2, 0) is 19.0 Å². The lowest BCUT2D eigenvalue weighted by Gasteiger charge is -2.49. The third-order valence-electron chi connectivity index (χ3n) is 6.35. The number of hydrogen-bond acceptors (Lipinski definition) is 5. The summed E-state index contributed by atoms with van der Waals surface area (Å²) in [5, 5.41) is 3.01. The van der Waals surface area contributed by atoms with Crippen LogP contribution in [-0.4, -0.2) is 43.5 Å². The van der Waals surface area contributed by atoms with E-state index in [0.29, 0.717) is 11.5 Å². The summed E-state index contributed by atoms with van der Waals surface area (Å²) in [5.74, 6) is -0.299. The van der Waals surface area contributed by atoms with E-state index in [1.807, 2.05) is 36.4 Å². The summed E-state index contributed by atoms with van der Waals surface area (Å²) >= 11 is 0. The first kappa shape index (κ1) is 21.5. The molecule has 0 radical (unpaired) electrons. The Morgan fingerprint density at radius 2 is 1.68 bits per heavy atom. The van der Waals surface area contributed by atoms with Gasteiger partial charge in [0.1, 0.15) is 12.1 Å². The van der Waals surface area contributed by atoms with Crippen LogP contribution in [0.4, 0.5) is 0 Å². The number of fused-ring (bicyclic) bond motifs is 1. The van der Waals surface area contributed by atoms with Gasteiger partial charge < -0.3 is 19.5 Å². The molecule has 6 unspecified atom stereocenters. The molecule has 2 aromatic carbocycles. The Morgan fingerprint density at radius 3 is 2.32 bits per heavy atom. The molecule has 1 aliphatic carbocycles. The first-order valence-electron chi connectivity index (χ1n) is 10.8. The maximum atomic E-state index is 12.9. The quantitative estimate of drug-likeness (QED) is 0.743. The van der Waals surface area contributed by atoms with Crippen LogP contribution in [0.15, 0.2) is 60.7 Å². The van der Waals surface area contributed by atoms with E-state index in [0.717, 1.165) is 19.3 Å². The number of rotatable bonds is 5. The summed E-state index contributed by atoms with van der Waals surface area (Å²) in [6.45, 7) is 1.40. The molecule has 1 N–H and O–H groups in total. The molecule has 1 saturated heterocycles. The highest BCUT2D eigenvalue weighted by Crippen LogP contribution is 2.44. The summed E-state index contributed by atoms with van der Waals surface area (Å²) in [5.41, 5.74) is 1.81. The summed E-state index contributed by atoms with van der Waals surface area (Å²) in [6.07, 6.45) is 1.36. The van der Waals surface area contributed by atoms with Gasteiger partial charge in [0, 0.05) is 25.5 Å². The molecule has 164 valence electrons. The fourth-order valence-corrected chi connectivity index (χ4v) is 4.93. The van der Waals surface area contributed by atoms with Crippen molar-refractivity contribution in [3.63, 3.8) is 0 Å². The molecule has 0 spiro atoms. The minimum atomic E-state index is -0.688. The predicted molar refractivity (Wildman–Crippen MR) is 115 cm³/mol. The fraction of sp³-hybridized carbons (Fsp3) is 0.440. The van der Waals surface area contributed by atoms with Gasteiger partial charge in [-0.25, -0.2) is 0 Å². The molecular formula is C25H29NO5. The van der Waals surface area contributed by atoms with Crippen molar-refractivity contribution in [1.29, 1.82) is 0 Å². The van der Waals surface area contributed by atoms with Crippen LogP contribution in [0.2, 0.25) is 0 Å². The number of methoxy groups -OCH3 is 1. The molecule has 0 aromatic heterocycles. The number of benzene rings is 2. The number of hydrogen-bond donors (Lipinski definition) is 1. The second-order valence-corrected chi connectivity index (χ2v) is 8.30. The van der Waals surface area contributed by atoms with E-state index in [2.05, 4.69) is 17.4 Å². The first-order chi connectivity index (χ1) is 15.1. The second kappa shape index (κ2) is 9.62. The lowest BCUT2D eigenvalue weighted by Crippen LogP contribution is -2.63. The summed E-state index contributed by atoms with van der Waals surface area (Å²) in [4.78, 5) is 24.9. The number of amides is 1. The summed E-state index contributed by atoms with van der Waals surface area (Å²) in [7, 11) is 1.55. The van der Waals surface area contributed by atoms with E-state index in [1.54, 1.807) is 19.2 Å². The predicted octanol–water partition coefficient (Wildman–Crippen LogP) is 3.67. The maximum absolute atomic E-state index is 12.9. The van der Waals surface area contributed by atoms with Gasteiger partial charge in [0.05, 0.1) is 6.10 Å². The molecule has 2 aliphatic rings. The van der Waals surface area contributed by atoms with Crippen molar-refractivity contribution < 1.29 is 23.8 Å². The smallest absolute Gasteiger partial charge is 0.302 e. The van der Waals surface area contributed by atoms with Crippen molar-refractivity contribution in [1.82, 2.24) is 5.32 Å². The van der Waals surface area contributed by atoms with Gasteiger partial charge in [0.2, 0.25) is 0 Å². The number of nitrogens with one attached hydrogen (secondary N) is 1. The first-order valence-corrected chi connectivity index (χ1v) is 10.8. The van der Waals surface area contributed by atoms with E-state index in [-0.39, 0.29) is 23.9 Å². The Kier molecular flexibility index (Phi) is 6.68. The van der Waals surface area contributed by atoms with E-state index >= 15 is 0 Å². The van der Waals surface area contributed by atoms with Crippen molar-refractivity contribution >= 4 is 11.9 Å². The summed E-state index contributed by atoms with van der Waals surface area (Å²) in [6, 6.07) is 18.8. The molecule has 1 heterocycles. The van der Waals surface area contributed by atoms with Crippen LogP contribution in [0.1, 0.15) is 48.0 Å². The number of carbonyl (C=O) groups is 2. The highest BCUT2D eigenvalue weighted by Gasteiger charge is 2.50. The third kappa shape index (κ3) is 4.81. The van der Waals surface area contributed by atoms with Crippen LogP contribution in [0.3, 0.4) is 0 Å². The Bertz CT molecular complexity index is 887. The molecule has 31 heavy (non-hydrogen) atoms.